The van der Waals surface area contributed by atoms with E-state index in [0.717, 1.165) is 185 Å². The molecule has 4 aliphatic rings. The van der Waals surface area contributed by atoms with Crippen molar-refractivity contribution in [2.45, 2.75) is 287 Å². The number of tetrazole rings is 1. The first-order valence-corrected chi connectivity index (χ1v) is 52.5. The van der Waals surface area contributed by atoms with Crippen molar-refractivity contribution >= 4 is 87.6 Å². The molecule has 6 atom stereocenters. The number of hydrogen-bond donors (Lipinski definition) is 12. The molecule has 0 bridgehead atoms. The van der Waals surface area contributed by atoms with Crippen LogP contribution in [-0.4, -0.2) is 239 Å². The number of halogens is 7. The van der Waals surface area contributed by atoms with Crippen molar-refractivity contribution in [1.82, 2.24) is 67.1 Å². The molecule has 38 nitrogen and oxygen atoms in total. The predicted octanol–water partition coefficient (Wildman–Crippen LogP) is 11.8. The zero-order valence-electron chi connectivity index (χ0n) is 85.0. The molecule has 4 fully saturated rings. The van der Waals surface area contributed by atoms with E-state index in [2.05, 4.69) is 67.6 Å². The number of carbonyl (C=O) groups excluding carboxylic acids is 12. The van der Waals surface area contributed by atoms with Crippen LogP contribution < -0.4 is 80.5 Å². The number of ether oxygens (including phenoxy) is 4. The maximum Gasteiger partial charge on any atom is 0.268 e. The summed E-state index contributed by atoms with van der Waals surface area (Å²) in [5.74, 6) is -9.47. The second kappa shape index (κ2) is 74.2. The summed E-state index contributed by atoms with van der Waals surface area (Å²) in [6.45, 7) is 1.28. The van der Waals surface area contributed by atoms with Crippen LogP contribution in [0.3, 0.4) is 0 Å². The molecule has 6 aromatic rings. The largest absolute Gasteiger partial charge is 0.493 e. The molecular formula is C102H151F7N22O16S. The molecular weight excluding hydrogens is 1950 g/mol. The van der Waals surface area contributed by atoms with Gasteiger partial charge in [0.05, 0.1) is 61.5 Å². The molecule has 4 aliphatic carbocycles. The van der Waals surface area contributed by atoms with Crippen LogP contribution in [0.1, 0.15) is 252 Å². The van der Waals surface area contributed by atoms with Gasteiger partial charge in [-0.05, 0) is 278 Å². The molecule has 0 spiro atoms. The van der Waals surface area contributed by atoms with Crippen LogP contribution in [0.2, 0.25) is 0 Å². The van der Waals surface area contributed by atoms with E-state index in [1.807, 2.05) is 6.26 Å². The SMILES string of the molecule is CC(F)(F)COCC(=O)C(CCCCN)NC(=O)C1CCCC1.CSCC(=O)C(CCCCN)NC(=O)C1CCCC1.NCCCCC(NC(=O)C1CCCC1)C(=O)Cn1ccnn1.NCCCCC(NC(=O)C1CCCC1)C(=O)Cn1ncnn1.NCCCCC(NC(=O)c1cccc(OCCCF)c1)C(=O)COc1c(F)cccc1F.[N-]=[N+]=Nc1cccc(C(=O)NC(CCCCN)C(=O)COc2c(F)cccc2F)c1. The highest BCUT2D eigenvalue weighted by Gasteiger charge is 2.35. The lowest BCUT2D eigenvalue weighted by Crippen LogP contribution is -2.45. The predicted molar refractivity (Wildman–Crippen MR) is 545 cm³/mol. The summed E-state index contributed by atoms with van der Waals surface area (Å²) in [7, 11) is 0. The number of alkyl halides is 3. The Morgan fingerprint density at radius 1 is 0.453 bits per heavy atom. The van der Waals surface area contributed by atoms with Gasteiger partial charge in [0.1, 0.15) is 45.3 Å². The molecule has 6 amide bonds. The first-order valence-electron chi connectivity index (χ1n) is 51.1. The van der Waals surface area contributed by atoms with E-state index in [4.69, 9.17) is 58.9 Å². The van der Waals surface area contributed by atoms with Crippen molar-refractivity contribution in [3.63, 3.8) is 0 Å². The molecule has 46 heteroatoms. The Morgan fingerprint density at radius 2 is 0.811 bits per heavy atom. The summed E-state index contributed by atoms with van der Waals surface area (Å²) in [6.07, 6.45) is 34.6. The average molecular weight is 2110 g/mol. The van der Waals surface area contributed by atoms with Crippen LogP contribution in [0, 0.1) is 46.9 Å². The molecule has 0 saturated heterocycles. The van der Waals surface area contributed by atoms with Crippen molar-refractivity contribution in [1.29, 1.82) is 0 Å². The fourth-order valence-electron chi connectivity index (χ4n) is 16.5. The van der Waals surface area contributed by atoms with Crippen LogP contribution in [-0.2, 0) is 65.8 Å². The topological polar surface area (TPSA) is 593 Å². The lowest BCUT2D eigenvalue weighted by atomic mass is 10.0. The first kappa shape index (κ1) is 127. The number of rotatable bonds is 63. The van der Waals surface area contributed by atoms with Gasteiger partial charge in [0.15, 0.2) is 75.8 Å². The van der Waals surface area contributed by atoms with Crippen molar-refractivity contribution in [3.05, 3.63) is 148 Å². The zero-order valence-corrected chi connectivity index (χ0v) is 85.8. The molecule has 820 valence electrons. The van der Waals surface area contributed by atoms with Gasteiger partial charge in [-0.3, -0.25) is 61.9 Å². The lowest BCUT2D eigenvalue weighted by molar-refractivity contribution is -0.134. The molecule has 148 heavy (non-hydrogen) atoms. The Hall–Kier alpha value is -11.8. The number of Topliss-reactive ketones (excluding diaryl/α,β-unsaturated/α-hetero) is 6. The molecule has 2 heterocycles. The number of hydrogen-bond acceptors (Lipinski definition) is 29. The monoisotopic (exact) mass is 2110 g/mol. The van der Waals surface area contributed by atoms with Gasteiger partial charge in [-0.2, -0.15) is 16.6 Å². The molecule has 0 aliphatic heterocycles. The minimum atomic E-state index is -2.97. The number of amides is 6. The molecule has 0 radical (unpaired) electrons. The third-order valence-corrected chi connectivity index (χ3v) is 25.2. The Balaban J connectivity index is 0.000000315. The van der Waals surface area contributed by atoms with Crippen LogP contribution in [0.5, 0.6) is 17.2 Å². The van der Waals surface area contributed by atoms with E-state index < -0.39 is 127 Å². The Bertz CT molecular complexity index is 4850. The second-order valence-corrected chi connectivity index (χ2v) is 37.5. The molecule has 18 N–H and O–H groups in total. The lowest BCUT2D eigenvalue weighted by Gasteiger charge is -2.20. The highest BCUT2D eigenvalue weighted by Crippen LogP contribution is 2.31. The van der Waals surface area contributed by atoms with Crippen LogP contribution >= 0.6 is 11.8 Å². The number of benzene rings is 4. The number of nitrogens with zero attached hydrogens (tertiary/aromatic N) is 10. The van der Waals surface area contributed by atoms with Gasteiger partial charge in [-0.15, -0.1) is 15.3 Å². The number of carbonyl (C=O) groups is 12. The first-order chi connectivity index (χ1) is 71.3. The Kier molecular flexibility index (Phi) is 63.5. The third kappa shape index (κ3) is 51.0. The summed E-state index contributed by atoms with van der Waals surface area (Å²) >= 11 is 1.51. The molecule has 4 aromatic carbocycles. The fourth-order valence-corrected chi connectivity index (χ4v) is 17.0. The molecule has 10 rings (SSSR count). The zero-order chi connectivity index (χ0) is 108. The fraction of sp³-hybridized carbons (Fsp3) is 0.618. The number of azide groups is 1. The van der Waals surface area contributed by atoms with Crippen molar-refractivity contribution in [2.75, 3.05) is 91.0 Å². The second-order valence-electron chi connectivity index (χ2n) is 36.6. The Labute approximate surface area is 864 Å². The number of aromatic nitrogens is 7. The number of nitrogens with two attached hydrogens (primary N) is 6. The van der Waals surface area contributed by atoms with Gasteiger partial charge in [-0.1, -0.05) is 92.0 Å². The maximum atomic E-state index is 13.7. The van der Waals surface area contributed by atoms with E-state index in [9.17, 15) is 88.3 Å². The quantitative estimate of drug-likeness (QED) is 0.00555. The van der Waals surface area contributed by atoms with E-state index >= 15 is 0 Å². The number of para-hydroxylation sites is 2. The summed E-state index contributed by atoms with van der Waals surface area (Å²) in [6, 6.07) is 14.8. The van der Waals surface area contributed by atoms with Crippen LogP contribution in [0.25, 0.3) is 10.4 Å². The molecule has 2 aromatic heterocycles. The average Bonchev–Trinajstić information content (AvgIpc) is 1.01. The highest BCUT2D eigenvalue weighted by atomic mass is 32.2. The smallest absolute Gasteiger partial charge is 0.268 e. The Morgan fingerprint density at radius 3 is 1.16 bits per heavy atom. The van der Waals surface area contributed by atoms with E-state index in [0.29, 0.717) is 102 Å². The normalized spacial score (nSPS) is 14.6. The number of thioether (sulfide) groups is 1. The number of nitrogens with one attached hydrogen (secondary N) is 6. The van der Waals surface area contributed by atoms with Gasteiger partial charge in [0.2, 0.25) is 23.6 Å². The summed E-state index contributed by atoms with van der Waals surface area (Å²) in [5, 5.41) is 38.8. The van der Waals surface area contributed by atoms with Crippen LogP contribution in [0.4, 0.5) is 36.4 Å². The van der Waals surface area contributed by atoms with Crippen molar-refractivity contribution in [2.24, 2.45) is 63.2 Å². The number of unbranched alkanes of at least 4 members (excludes halogenated alkanes) is 6. The van der Waals surface area contributed by atoms with Crippen LogP contribution in [0.15, 0.2) is 109 Å². The molecule has 6 unspecified atom stereocenters. The standard InChI is InChI=1S/C23H27F3N2O4.C20H21F2N5O3.C16H28F2N2O3.C15H25N5O2.C14H24N6O2.C14H26N2O2S/c24-11-5-13-31-17-7-3-6-16(14-17)23(30)28-20(10-1-2-12-27)21(29)15-32-22-18(25)8-4-9-19(22)26;21-15-7-4-8-16(22)19(15)30-12-18(28)17(9-1-2-10-23)25-20(29)13-5-3-6-14(11-13)26-27-24;1-16(17,18)11-23-10-14(21)13(8-4-5-9-19)20-15(22)12-6-2-3-7-12;16-8-4-3-7-13(14(21)11-20-10-9-17-19-20)18-15(22)12-5-1-2-6-12;15-8-4-3-7-12(13(21)9-20-17-10-16-19-20)18-14(22)11-5-1-2-6-11;1-19-10-13(17)12(8-4-5-9-15)16-14(18)11-6-2-3-7-11/h3-4,6-9,14,20H,1-2,5,10-13,15,27H2,(H,28,30);3-8,11,17H,1-2,9-10,12,23H2,(H,25,29);12-13H,2-11,19H2,1H3,(H,20,22);9-10,12-13H,1-8,11,16H2,(H,18,22);10-12H,1-9,15H2,(H,18,22);11-12H,2-10,15H2,1H3,(H,16,18). The summed E-state index contributed by atoms with van der Waals surface area (Å²) in [4.78, 5) is 152. The van der Waals surface area contributed by atoms with Gasteiger partial charge >= 0.3 is 0 Å². The minimum absolute atomic E-state index is 0.00449. The molecule has 4 saturated carbocycles. The van der Waals surface area contributed by atoms with Crippen molar-refractivity contribution in [3.8, 4) is 17.2 Å². The maximum absolute atomic E-state index is 13.7. The van der Waals surface area contributed by atoms with Gasteiger partial charge in [0, 0.05) is 64.9 Å². The summed E-state index contributed by atoms with van der Waals surface area (Å²) < 4.78 is 114. The van der Waals surface area contributed by atoms with E-state index in [1.54, 1.807) is 24.4 Å². The van der Waals surface area contributed by atoms with E-state index in [1.165, 1.54) is 76.2 Å². The third-order valence-electron chi connectivity index (χ3n) is 24.6. The van der Waals surface area contributed by atoms with Gasteiger partial charge in [0.25, 0.3) is 17.7 Å². The minimum Gasteiger partial charge on any atom is -0.493 e. The van der Waals surface area contributed by atoms with Gasteiger partial charge < -0.3 is 85.3 Å². The summed E-state index contributed by atoms with van der Waals surface area (Å²) in [5.41, 5.74) is 42.1. The van der Waals surface area contributed by atoms with Crippen molar-refractivity contribution < 1.29 is 107 Å². The highest BCUT2D eigenvalue weighted by molar-refractivity contribution is 7.99. The van der Waals surface area contributed by atoms with E-state index in [-0.39, 0.29) is 132 Å². The number of ketones is 6. The van der Waals surface area contributed by atoms with Gasteiger partial charge in [-0.25, -0.2) is 31.0 Å².